The third kappa shape index (κ3) is 16.2. The summed E-state index contributed by atoms with van der Waals surface area (Å²) in [4.78, 5) is 57.1. The smallest absolute Gasteiger partial charge is 0.407 e. The number of carbonyl (C=O) groups excluding carboxylic acids is 3. The molecule has 346 valence electrons. The summed E-state index contributed by atoms with van der Waals surface area (Å²) in [6, 6.07) is 14.6. The predicted octanol–water partition coefficient (Wildman–Crippen LogP) is 8.72. The minimum atomic E-state index is -0.648. The third-order valence-electron chi connectivity index (χ3n) is 9.32. The molecule has 2 aromatic heterocycles. The van der Waals surface area contributed by atoms with Crippen LogP contribution in [-0.2, 0) is 38.8 Å². The first kappa shape index (κ1) is 57.2. The van der Waals surface area contributed by atoms with E-state index >= 15 is 0 Å². The van der Waals surface area contributed by atoms with Gasteiger partial charge in [-0.15, -0.1) is 38.5 Å². The van der Waals surface area contributed by atoms with E-state index in [1.165, 1.54) is 13.5 Å². The number of H-pyrrole nitrogens is 2. The molecule has 1 atom stereocenters. The van der Waals surface area contributed by atoms with Crippen LogP contribution in [0.1, 0.15) is 90.9 Å². The second-order valence-electron chi connectivity index (χ2n) is 13.9. The number of aromatic amines is 2. The molecule has 0 spiro atoms. The first-order chi connectivity index (χ1) is 31.0. The lowest BCUT2D eigenvalue weighted by atomic mass is 9.92. The average molecular weight is 880 g/mol. The fraction of sp³-hybridized carbons (Fsp3) is 0.420. The maximum atomic E-state index is 12.9. The zero-order valence-electron chi connectivity index (χ0n) is 39.4. The van der Waals surface area contributed by atoms with Crippen molar-refractivity contribution < 1.29 is 33.7 Å². The number of amides is 3. The summed E-state index contributed by atoms with van der Waals surface area (Å²) in [5, 5.41) is 11.5. The summed E-state index contributed by atoms with van der Waals surface area (Å²) in [6.07, 6.45) is 29.4. The Morgan fingerprint density at radius 2 is 1.52 bits per heavy atom. The van der Waals surface area contributed by atoms with Crippen LogP contribution in [0, 0.1) is 38.5 Å². The number of ether oxygens (including phenoxy) is 3. The number of alkyl carbamates (subject to hydrolysis) is 1. The third-order valence-corrected chi connectivity index (χ3v) is 9.32. The van der Waals surface area contributed by atoms with Gasteiger partial charge >= 0.3 is 6.09 Å². The molecule has 0 fully saturated rings. The average Bonchev–Trinajstić information content (AvgIpc) is 3.99. The Morgan fingerprint density at radius 3 is 2.11 bits per heavy atom. The van der Waals surface area contributed by atoms with E-state index in [2.05, 4.69) is 125 Å². The number of rotatable bonds is 13. The molecule has 14 nitrogen and oxygen atoms in total. The Balaban J connectivity index is 0.00000256. The van der Waals surface area contributed by atoms with E-state index in [0.29, 0.717) is 31.9 Å². The number of hydrogen-bond acceptors (Lipinski definition) is 9. The molecule has 0 radical (unpaired) electrons. The molecule has 64 heavy (non-hydrogen) atoms. The fourth-order valence-corrected chi connectivity index (χ4v) is 6.48. The number of aliphatic hydroxyl groups excluding tert-OH is 1. The highest BCUT2D eigenvalue weighted by molar-refractivity contribution is 6.07. The number of methoxy groups -OCH3 is 2. The Kier molecular flexibility index (Phi) is 28.6. The standard InChI is InChI=1S/C38H45N7O5.C3H8.C2H6O.3C2H2.CH4O/c1-6-9-35(46)44(14-7-2)20-34-41-30-13-11-24-16-29-27-12-10-25(15-26(27)22-50-32(29)17-28(24)37(30)43-34)31-18-39-33(42-31)21-45(23(4)8-3)36(47)19-40-38(48)49-5;2*1-3-2;4*1-2/h10-13,15-18,23H,6-9,14,19-22H2,1-5H3,(H,39,42)(H,40,48)(H,41,43);3H2,1-2H3;1-2H3;3*1-2H;2H,1H3/t23-;;;;;;/m0....../s1. The van der Waals surface area contributed by atoms with E-state index in [9.17, 15) is 14.4 Å². The molecule has 0 bridgehead atoms. The van der Waals surface area contributed by atoms with Gasteiger partial charge in [-0.05, 0) is 72.5 Å². The molecule has 6 rings (SSSR count). The van der Waals surface area contributed by atoms with Crippen molar-refractivity contribution in [3.63, 3.8) is 0 Å². The van der Waals surface area contributed by atoms with Gasteiger partial charge in [-0.1, -0.05) is 59.2 Å². The van der Waals surface area contributed by atoms with Gasteiger partial charge in [-0.25, -0.2) is 14.8 Å². The number of hydrogen-bond donors (Lipinski definition) is 4. The molecule has 3 amide bonds. The largest absolute Gasteiger partial charge is 0.488 e. The Labute approximate surface area is 380 Å². The van der Waals surface area contributed by atoms with Crippen LogP contribution in [0.15, 0.2) is 48.7 Å². The molecule has 1 aliphatic heterocycles. The minimum Gasteiger partial charge on any atom is -0.488 e. The molecule has 3 aromatic carbocycles. The van der Waals surface area contributed by atoms with Gasteiger partial charge in [0.1, 0.15) is 30.5 Å². The lowest BCUT2D eigenvalue weighted by Gasteiger charge is -2.28. The number of nitrogens with one attached hydrogen (secondary N) is 3. The van der Waals surface area contributed by atoms with Gasteiger partial charge in [-0.2, -0.15) is 0 Å². The molecule has 0 aliphatic carbocycles. The molecule has 0 saturated heterocycles. The fourth-order valence-electron chi connectivity index (χ4n) is 6.48. The number of imidazole rings is 2. The summed E-state index contributed by atoms with van der Waals surface area (Å²) < 4.78 is 15.2. The topological polar surface area (TPSA) is 175 Å². The van der Waals surface area contributed by atoms with Crippen LogP contribution in [0.5, 0.6) is 5.75 Å². The van der Waals surface area contributed by atoms with Crippen molar-refractivity contribution in [2.75, 3.05) is 41.5 Å². The SMILES string of the molecule is C#C.C#C.C#C.CCC.CCCC(=O)N(CCC)Cc1nc2c(ccc3cc4c(cc32)OCc2cc(-c3cnc(CN(C(=O)CNC(=O)OC)[C@@H](C)CC)[nH]3)ccc2-4)[nH]1.CO.COC. The van der Waals surface area contributed by atoms with Crippen molar-refractivity contribution in [3.8, 4) is 66.7 Å². The molecule has 0 saturated carbocycles. The van der Waals surface area contributed by atoms with Crippen LogP contribution in [0.25, 0.3) is 44.2 Å². The van der Waals surface area contributed by atoms with E-state index in [4.69, 9.17) is 14.8 Å². The second kappa shape index (κ2) is 32.0. The highest BCUT2D eigenvalue weighted by atomic mass is 16.5. The van der Waals surface area contributed by atoms with Crippen molar-refractivity contribution >= 4 is 39.7 Å². The van der Waals surface area contributed by atoms with Crippen molar-refractivity contribution in [2.45, 2.75) is 99.4 Å². The van der Waals surface area contributed by atoms with Crippen LogP contribution in [-0.4, -0.2) is 100 Å². The number of benzene rings is 3. The first-order valence-electron chi connectivity index (χ1n) is 21.0. The van der Waals surface area contributed by atoms with E-state index in [0.717, 1.165) is 87.7 Å². The molecular formula is C50H69N7O7. The highest BCUT2D eigenvalue weighted by Crippen LogP contribution is 2.42. The van der Waals surface area contributed by atoms with Gasteiger partial charge in [0.15, 0.2) is 0 Å². The predicted molar refractivity (Wildman–Crippen MR) is 259 cm³/mol. The molecule has 4 N–H and O–H groups in total. The van der Waals surface area contributed by atoms with Gasteiger partial charge in [0, 0.05) is 51.3 Å². The van der Waals surface area contributed by atoms with Crippen molar-refractivity contribution in [1.29, 1.82) is 0 Å². The maximum absolute atomic E-state index is 12.9. The summed E-state index contributed by atoms with van der Waals surface area (Å²) >= 11 is 0. The number of aromatic nitrogens is 4. The van der Waals surface area contributed by atoms with Crippen LogP contribution in [0.3, 0.4) is 0 Å². The van der Waals surface area contributed by atoms with Crippen molar-refractivity contribution in [1.82, 2.24) is 35.1 Å². The summed E-state index contributed by atoms with van der Waals surface area (Å²) in [5.41, 5.74) is 6.79. The first-order valence-corrected chi connectivity index (χ1v) is 21.0. The van der Waals surface area contributed by atoms with Crippen LogP contribution < -0.4 is 10.1 Å². The number of terminal acetylenes is 3. The second-order valence-corrected chi connectivity index (χ2v) is 13.9. The molecule has 5 aromatic rings. The van der Waals surface area contributed by atoms with E-state index in [-0.39, 0.29) is 30.9 Å². The van der Waals surface area contributed by atoms with Crippen molar-refractivity contribution in [3.05, 3.63) is 65.9 Å². The molecule has 3 heterocycles. The summed E-state index contributed by atoms with van der Waals surface area (Å²) in [6.45, 7) is 14.0. The number of aliphatic hydroxyl groups is 1. The molecule has 1 aliphatic rings. The lowest BCUT2D eigenvalue weighted by Crippen LogP contribution is -2.44. The minimum absolute atomic E-state index is 0.0453. The summed E-state index contributed by atoms with van der Waals surface area (Å²) in [7, 11) is 5.51. The Bertz CT molecular complexity index is 2200. The lowest BCUT2D eigenvalue weighted by molar-refractivity contribution is -0.133. The molecule has 0 unspecified atom stereocenters. The Morgan fingerprint density at radius 1 is 0.859 bits per heavy atom. The van der Waals surface area contributed by atoms with Crippen molar-refractivity contribution in [2.24, 2.45) is 0 Å². The maximum Gasteiger partial charge on any atom is 0.407 e. The quantitative estimate of drug-likeness (QED) is 0.0844. The van der Waals surface area contributed by atoms with E-state index in [1.54, 1.807) is 25.3 Å². The van der Waals surface area contributed by atoms with Crippen LogP contribution in [0.2, 0.25) is 0 Å². The van der Waals surface area contributed by atoms with Gasteiger partial charge < -0.3 is 44.4 Å². The van der Waals surface area contributed by atoms with Gasteiger partial charge in [-0.3, -0.25) is 9.59 Å². The zero-order valence-corrected chi connectivity index (χ0v) is 39.4. The number of carbonyl (C=O) groups is 3. The van der Waals surface area contributed by atoms with Crippen LogP contribution >= 0.6 is 0 Å². The van der Waals surface area contributed by atoms with Gasteiger partial charge in [0.25, 0.3) is 0 Å². The molecule has 14 heteroatoms. The van der Waals surface area contributed by atoms with Gasteiger partial charge in [0.05, 0.1) is 43.1 Å². The number of nitrogens with zero attached hydrogens (tertiary/aromatic N) is 4. The van der Waals surface area contributed by atoms with Gasteiger partial charge in [0.2, 0.25) is 11.8 Å². The summed E-state index contributed by atoms with van der Waals surface area (Å²) in [5.74, 6) is 2.17. The van der Waals surface area contributed by atoms with Crippen LogP contribution in [0.4, 0.5) is 4.79 Å². The van der Waals surface area contributed by atoms with E-state index in [1.807, 2.05) is 31.7 Å². The Hall–Kier alpha value is -6.79. The zero-order chi connectivity index (χ0) is 48.8. The normalized spacial score (nSPS) is 10.6. The highest BCUT2D eigenvalue weighted by Gasteiger charge is 2.23. The number of fused-ring (bicyclic) bond motifs is 6. The van der Waals surface area contributed by atoms with E-state index < -0.39 is 6.09 Å². The molecular weight excluding hydrogens is 811 g/mol. The monoisotopic (exact) mass is 880 g/mol.